The molecule has 2 rings (SSSR count). The van der Waals surface area contributed by atoms with Gasteiger partial charge in [0.05, 0.1) is 22.6 Å². The highest BCUT2D eigenvalue weighted by Gasteiger charge is 2.12. The molecule has 19 heavy (non-hydrogen) atoms. The van der Waals surface area contributed by atoms with Gasteiger partial charge < -0.3 is 16.8 Å². The van der Waals surface area contributed by atoms with Gasteiger partial charge in [-0.1, -0.05) is 6.07 Å². The first-order valence-electron chi connectivity index (χ1n) is 5.39. The zero-order valence-electron chi connectivity index (χ0n) is 9.78. The third-order valence-corrected chi connectivity index (χ3v) is 3.91. The van der Waals surface area contributed by atoms with Crippen LogP contribution in [0.15, 0.2) is 40.9 Å². The van der Waals surface area contributed by atoms with Crippen LogP contribution in [0.4, 0.5) is 17.1 Å². The van der Waals surface area contributed by atoms with Gasteiger partial charge in [0.15, 0.2) is 0 Å². The lowest BCUT2D eigenvalue weighted by molar-refractivity contribution is 0.100. The highest BCUT2D eigenvalue weighted by atomic mass is 127. The Hall–Kier alpha value is -1.28. The first-order valence-corrected chi connectivity index (χ1v) is 7.26. The number of hydrogen-bond donors (Lipinski definition) is 3. The molecule has 0 bridgehead atoms. The molecule has 0 radical (unpaired) electrons. The van der Waals surface area contributed by atoms with Gasteiger partial charge in [-0.15, -0.1) is 0 Å². The van der Waals surface area contributed by atoms with Crippen LogP contribution in [0, 0.1) is 3.57 Å². The van der Waals surface area contributed by atoms with Gasteiger partial charge in [0.25, 0.3) is 5.91 Å². The van der Waals surface area contributed by atoms with E-state index in [1.165, 1.54) is 0 Å². The van der Waals surface area contributed by atoms with Gasteiger partial charge in [0, 0.05) is 8.04 Å². The molecule has 5 N–H and O–H groups in total. The van der Waals surface area contributed by atoms with Gasteiger partial charge in [-0.3, -0.25) is 4.79 Å². The second-order valence-electron chi connectivity index (χ2n) is 3.88. The summed E-state index contributed by atoms with van der Waals surface area (Å²) in [6.07, 6.45) is 0. The van der Waals surface area contributed by atoms with Crippen molar-refractivity contribution in [1.82, 2.24) is 0 Å². The summed E-state index contributed by atoms with van der Waals surface area (Å²) in [5, 5.41) is 3.15. The fraction of sp³-hybridized carbons (Fsp3) is 0. The highest BCUT2D eigenvalue weighted by molar-refractivity contribution is 14.1. The molecule has 0 aliphatic heterocycles. The van der Waals surface area contributed by atoms with Crippen molar-refractivity contribution in [2.24, 2.45) is 5.73 Å². The van der Waals surface area contributed by atoms with E-state index in [-0.39, 0.29) is 0 Å². The molecule has 0 heterocycles. The van der Waals surface area contributed by atoms with E-state index in [1.807, 2.05) is 18.2 Å². The Morgan fingerprint density at radius 2 is 2.00 bits per heavy atom. The number of benzene rings is 2. The van der Waals surface area contributed by atoms with Crippen molar-refractivity contribution in [1.29, 1.82) is 0 Å². The minimum atomic E-state index is -0.517. The zero-order valence-corrected chi connectivity index (χ0v) is 13.5. The maximum absolute atomic E-state index is 11.4. The number of nitrogen functional groups attached to an aromatic ring is 1. The number of carbonyl (C=O) groups is 1. The van der Waals surface area contributed by atoms with Gasteiger partial charge in [-0.2, -0.15) is 0 Å². The minimum Gasteiger partial charge on any atom is -0.397 e. The number of nitrogens with two attached hydrogens (primary N) is 2. The second kappa shape index (κ2) is 5.79. The number of nitrogens with one attached hydrogen (secondary N) is 1. The number of hydrogen-bond acceptors (Lipinski definition) is 3. The van der Waals surface area contributed by atoms with Crippen molar-refractivity contribution in [3.05, 3.63) is 50.0 Å². The van der Waals surface area contributed by atoms with Crippen molar-refractivity contribution in [3.8, 4) is 0 Å². The van der Waals surface area contributed by atoms with Crippen molar-refractivity contribution < 1.29 is 4.79 Å². The molecule has 2 aromatic rings. The lowest BCUT2D eigenvalue weighted by Crippen LogP contribution is -2.14. The van der Waals surface area contributed by atoms with Crippen molar-refractivity contribution >= 4 is 61.5 Å². The molecule has 0 unspecified atom stereocenters. The molecular weight excluding hydrogens is 421 g/mol. The number of halogens is 2. The summed E-state index contributed by atoms with van der Waals surface area (Å²) in [4.78, 5) is 11.4. The van der Waals surface area contributed by atoms with Crippen LogP contribution in [-0.2, 0) is 0 Å². The highest BCUT2D eigenvalue weighted by Crippen LogP contribution is 2.32. The van der Waals surface area contributed by atoms with Gasteiger partial charge in [-0.25, -0.2) is 0 Å². The van der Waals surface area contributed by atoms with Crippen LogP contribution in [0.25, 0.3) is 0 Å². The largest absolute Gasteiger partial charge is 0.397 e. The van der Waals surface area contributed by atoms with E-state index in [9.17, 15) is 4.79 Å². The van der Waals surface area contributed by atoms with E-state index < -0.39 is 5.91 Å². The van der Waals surface area contributed by atoms with E-state index in [1.54, 1.807) is 18.2 Å². The molecule has 2 aromatic carbocycles. The Morgan fingerprint density at radius 1 is 1.26 bits per heavy atom. The third-order valence-electron chi connectivity index (χ3n) is 2.55. The predicted octanol–water partition coefficient (Wildman–Crippen LogP) is 3.48. The summed E-state index contributed by atoms with van der Waals surface area (Å²) in [7, 11) is 0. The van der Waals surface area contributed by atoms with E-state index in [0.29, 0.717) is 16.9 Å². The molecule has 0 saturated carbocycles. The fourth-order valence-electron chi connectivity index (χ4n) is 1.64. The normalized spacial score (nSPS) is 10.2. The van der Waals surface area contributed by atoms with Gasteiger partial charge in [0.2, 0.25) is 0 Å². The molecule has 0 spiro atoms. The van der Waals surface area contributed by atoms with Crippen LogP contribution >= 0.6 is 38.5 Å². The maximum atomic E-state index is 11.4. The van der Waals surface area contributed by atoms with Gasteiger partial charge in [-0.05, 0) is 68.9 Å². The first kappa shape index (κ1) is 14.1. The number of carbonyl (C=O) groups excluding carboxylic acids is 1. The molecule has 0 aromatic heterocycles. The number of para-hydroxylation sites is 1. The molecule has 0 atom stereocenters. The molecule has 1 amide bonds. The Balaban J connectivity index is 2.49. The molecule has 6 heteroatoms. The number of amides is 1. The SMILES string of the molecule is NC(=O)c1cccc(N)c1Nc1cc(I)ccc1Br. The summed E-state index contributed by atoms with van der Waals surface area (Å²) < 4.78 is 1.95. The van der Waals surface area contributed by atoms with Crippen LogP contribution < -0.4 is 16.8 Å². The Kier molecular flexibility index (Phi) is 4.31. The van der Waals surface area contributed by atoms with Crippen LogP contribution in [-0.4, -0.2) is 5.91 Å². The van der Waals surface area contributed by atoms with E-state index in [0.717, 1.165) is 13.7 Å². The standard InChI is InChI=1S/C13H11BrIN3O/c14-9-5-4-7(15)6-11(9)18-12-8(13(17)19)2-1-3-10(12)16/h1-6,18H,16H2,(H2,17,19). The van der Waals surface area contributed by atoms with E-state index in [2.05, 4.69) is 43.8 Å². The van der Waals surface area contributed by atoms with Crippen LogP contribution in [0.2, 0.25) is 0 Å². The van der Waals surface area contributed by atoms with Gasteiger partial charge >= 0.3 is 0 Å². The molecule has 0 fully saturated rings. The van der Waals surface area contributed by atoms with Crippen LogP contribution in [0.1, 0.15) is 10.4 Å². The molecule has 98 valence electrons. The molecule has 0 saturated heterocycles. The average molecular weight is 432 g/mol. The van der Waals surface area contributed by atoms with Crippen molar-refractivity contribution in [2.75, 3.05) is 11.1 Å². The second-order valence-corrected chi connectivity index (χ2v) is 5.98. The molecule has 4 nitrogen and oxygen atoms in total. The van der Waals surface area contributed by atoms with Crippen molar-refractivity contribution in [3.63, 3.8) is 0 Å². The predicted molar refractivity (Wildman–Crippen MR) is 89.5 cm³/mol. The first-order chi connectivity index (χ1) is 8.99. The third kappa shape index (κ3) is 3.19. The van der Waals surface area contributed by atoms with E-state index >= 15 is 0 Å². The number of rotatable bonds is 3. The number of primary amides is 1. The lowest BCUT2D eigenvalue weighted by atomic mass is 10.1. The molecule has 0 aliphatic carbocycles. The summed E-state index contributed by atoms with van der Waals surface area (Å²) in [5.74, 6) is -0.517. The smallest absolute Gasteiger partial charge is 0.250 e. The molecule has 0 aliphatic rings. The summed E-state index contributed by atoms with van der Waals surface area (Å²) in [6, 6.07) is 10.9. The Labute approximate surface area is 132 Å². The molecular formula is C13H11BrIN3O. The van der Waals surface area contributed by atoms with Crippen molar-refractivity contribution in [2.45, 2.75) is 0 Å². The summed E-state index contributed by atoms with van der Waals surface area (Å²) in [5.41, 5.74) is 13.5. The zero-order chi connectivity index (χ0) is 14.0. The van der Waals surface area contributed by atoms with Gasteiger partial charge in [0.1, 0.15) is 0 Å². The topological polar surface area (TPSA) is 81.1 Å². The fourth-order valence-corrected chi connectivity index (χ4v) is 2.48. The number of anilines is 3. The maximum Gasteiger partial charge on any atom is 0.250 e. The van der Waals surface area contributed by atoms with E-state index in [4.69, 9.17) is 11.5 Å². The van der Waals surface area contributed by atoms with Crippen LogP contribution in [0.5, 0.6) is 0 Å². The average Bonchev–Trinajstić information content (AvgIpc) is 2.35. The Bertz CT molecular complexity index is 646. The summed E-state index contributed by atoms with van der Waals surface area (Å²) >= 11 is 5.66. The lowest BCUT2D eigenvalue weighted by Gasteiger charge is -2.14. The Morgan fingerprint density at radius 3 is 2.68 bits per heavy atom. The monoisotopic (exact) mass is 431 g/mol. The quantitative estimate of drug-likeness (QED) is 0.514. The minimum absolute atomic E-state index is 0.366. The summed E-state index contributed by atoms with van der Waals surface area (Å²) in [6.45, 7) is 0. The van der Waals surface area contributed by atoms with Crippen LogP contribution in [0.3, 0.4) is 0 Å².